The molecule has 7 heteroatoms. The molecule has 0 saturated carbocycles. The standard InChI is InChI=1S/C28H44O7/c1-3-4-5-6-7-8-9-10-11-12-13-14-23(32-21(2)29)18-24-17-22(30)19-28(34-24)20-26-25(35-28)15-16-27(31)33-26/h4-5,15-16,22-26,30H,3,6-14,17-20H2,1-2H3/b5-4+. The van der Waals surface area contributed by atoms with Crippen molar-refractivity contribution < 1.29 is 33.6 Å². The summed E-state index contributed by atoms with van der Waals surface area (Å²) in [6.07, 6.45) is 19.0. The van der Waals surface area contributed by atoms with Crippen molar-refractivity contribution in [3.63, 3.8) is 0 Å². The highest BCUT2D eigenvalue weighted by Gasteiger charge is 2.53. The first-order chi connectivity index (χ1) is 16.9. The molecular formula is C28H44O7. The molecule has 3 aliphatic heterocycles. The summed E-state index contributed by atoms with van der Waals surface area (Å²) in [5.41, 5.74) is 0. The quantitative estimate of drug-likeness (QED) is 0.200. The third kappa shape index (κ3) is 9.36. The summed E-state index contributed by atoms with van der Waals surface area (Å²) in [6, 6.07) is 0. The van der Waals surface area contributed by atoms with Gasteiger partial charge in [0.25, 0.3) is 0 Å². The van der Waals surface area contributed by atoms with E-state index in [0.29, 0.717) is 25.7 Å². The number of rotatable bonds is 14. The van der Waals surface area contributed by atoms with E-state index in [-0.39, 0.29) is 30.3 Å². The van der Waals surface area contributed by atoms with E-state index in [0.717, 1.165) is 25.7 Å². The molecule has 3 rings (SSSR count). The van der Waals surface area contributed by atoms with Crippen LogP contribution in [0.1, 0.15) is 104 Å². The van der Waals surface area contributed by atoms with Crippen molar-refractivity contribution in [3.05, 3.63) is 24.3 Å². The maximum absolute atomic E-state index is 11.7. The number of allylic oxidation sites excluding steroid dienone is 2. The number of ether oxygens (including phenoxy) is 4. The number of aliphatic hydroxyl groups is 1. The van der Waals surface area contributed by atoms with Crippen LogP contribution < -0.4 is 0 Å². The molecule has 0 aromatic heterocycles. The van der Waals surface area contributed by atoms with Crippen LogP contribution in [0, 0.1) is 0 Å². The Morgan fingerprint density at radius 3 is 2.63 bits per heavy atom. The molecule has 0 aromatic rings. The Hall–Kier alpha value is -1.70. The fourth-order valence-electron chi connectivity index (χ4n) is 5.48. The maximum atomic E-state index is 11.7. The van der Waals surface area contributed by atoms with E-state index in [1.54, 1.807) is 6.08 Å². The zero-order valence-electron chi connectivity index (χ0n) is 21.5. The lowest BCUT2D eigenvalue weighted by molar-refractivity contribution is -0.285. The summed E-state index contributed by atoms with van der Waals surface area (Å²) in [5.74, 6) is -1.64. The van der Waals surface area contributed by atoms with Gasteiger partial charge in [0.2, 0.25) is 0 Å². The lowest BCUT2D eigenvalue weighted by Crippen LogP contribution is -2.47. The first kappa shape index (κ1) is 27.9. The largest absolute Gasteiger partial charge is 0.462 e. The molecule has 0 radical (unpaired) electrons. The van der Waals surface area contributed by atoms with Crippen molar-refractivity contribution in [1.82, 2.24) is 0 Å². The number of hydrogen-bond donors (Lipinski definition) is 1. The first-order valence-corrected chi connectivity index (χ1v) is 13.6. The molecular weight excluding hydrogens is 448 g/mol. The van der Waals surface area contributed by atoms with Crippen molar-refractivity contribution in [1.29, 1.82) is 0 Å². The topological polar surface area (TPSA) is 91.3 Å². The molecule has 3 heterocycles. The monoisotopic (exact) mass is 492 g/mol. The van der Waals surface area contributed by atoms with Crippen molar-refractivity contribution >= 4 is 11.9 Å². The van der Waals surface area contributed by atoms with Crippen LogP contribution in [0.4, 0.5) is 0 Å². The number of aliphatic hydroxyl groups excluding tert-OH is 1. The predicted molar refractivity (Wildman–Crippen MR) is 133 cm³/mol. The highest BCUT2D eigenvalue weighted by atomic mass is 16.7. The van der Waals surface area contributed by atoms with Gasteiger partial charge >= 0.3 is 11.9 Å². The van der Waals surface area contributed by atoms with Crippen LogP contribution in [0.15, 0.2) is 24.3 Å². The molecule has 6 unspecified atom stereocenters. The molecule has 6 atom stereocenters. The van der Waals surface area contributed by atoms with Gasteiger partial charge < -0.3 is 24.1 Å². The van der Waals surface area contributed by atoms with E-state index in [9.17, 15) is 14.7 Å². The van der Waals surface area contributed by atoms with Gasteiger partial charge in [-0.1, -0.05) is 51.2 Å². The van der Waals surface area contributed by atoms with Crippen molar-refractivity contribution in [2.75, 3.05) is 0 Å². The van der Waals surface area contributed by atoms with Crippen LogP contribution in [0.2, 0.25) is 0 Å². The Kier molecular flexibility index (Phi) is 11.3. The van der Waals surface area contributed by atoms with E-state index >= 15 is 0 Å². The molecule has 0 aliphatic carbocycles. The molecule has 2 fully saturated rings. The van der Waals surface area contributed by atoms with Crippen LogP contribution in [-0.2, 0) is 28.5 Å². The third-order valence-corrected chi connectivity index (χ3v) is 7.04. The highest BCUT2D eigenvalue weighted by molar-refractivity contribution is 5.83. The number of unbranched alkanes of at least 4 members (excludes halogenated alkanes) is 7. The molecule has 198 valence electrons. The number of carbonyl (C=O) groups excluding carboxylic acids is 2. The van der Waals surface area contributed by atoms with Crippen molar-refractivity contribution in [2.45, 2.75) is 140 Å². The van der Waals surface area contributed by atoms with Crippen LogP contribution in [0.3, 0.4) is 0 Å². The van der Waals surface area contributed by atoms with Crippen LogP contribution in [-0.4, -0.2) is 53.4 Å². The van der Waals surface area contributed by atoms with Gasteiger partial charge in [-0.25, -0.2) is 4.79 Å². The summed E-state index contributed by atoms with van der Waals surface area (Å²) in [5, 5.41) is 10.6. The molecule has 0 amide bonds. The second kappa shape index (κ2) is 14.1. The van der Waals surface area contributed by atoms with Gasteiger partial charge in [-0.15, -0.1) is 0 Å². The van der Waals surface area contributed by atoms with Crippen LogP contribution in [0.5, 0.6) is 0 Å². The minimum atomic E-state index is -0.972. The van der Waals surface area contributed by atoms with E-state index in [2.05, 4.69) is 19.1 Å². The molecule has 3 aliphatic rings. The molecule has 0 aromatic carbocycles. The summed E-state index contributed by atoms with van der Waals surface area (Å²) in [7, 11) is 0. The van der Waals surface area contributed by atoms with E-state index in [1.165, 1.54) is 51.5 Å². The summed E-state index contributed by atoms with van der Waals surface area (Å²) >= 11 is 0. The van der Waals surface area contributed by atoms with Crippen LogP contribution >= 0.6 is 0 Å². The zero-order chi connectivity index (χ0) is 25.1. The smallest absolute Gasteiger partial charge is 0.330 e. The summed E-state index contributed by atoms with van der Waals surface area (Å²) < 4.78 is 23.5. The van der Waals surface area contributed by atoms with E-state index in [1.807, 2.05) is 0 Å². The van der Waals surface area contributed by atoms with E-state index in [4.69, 9.17) is 18.9 Å². The number of fused-ring (bicyclic) bond motifs is 1. The number of esters is 2. The third-order valence-electron chi connectivity index (χ3n) is 7.04. The molecule has 1 N–H and O–H groups in total. The number of carbonyl (C=O) groups is 2. The van der Waals surface area contributed by atoms with Gasteiger partial charge in [0, 0.05) is 32.3 Å². The SMILES string of the molecule is CC/C=C/CCCCCCCCCC(CC1CC(O)CC2(CC3OC(=O)C=CC3O2)O1)OC(C)=O. The molecule has 0 bridgehead atoms. The maximum Gasteiger partial charge on any atom is 0.330 e. The second-order valence-electron chi connectivity index (χ2n) is 10.3. The molecule has 35 heavy (non-hydrogen) atoms. The van der Waals surface area contributed by atoms with Gasteiger partial charge in [0.15, 0.2) is 5.79 Å². The Bertz CT molecular complexity index is 733. The van der Waals surface area contributed by atoms with Gasteiger partial charge in [0.1, 0.15) is 18.3 Å². The Morgan fingerprint density at radius 2 is 1.89 bits per heavy atom. The fraction of sp³-hybridized carbons (Fsp3) is 0.786. The average molecular weight is 493 g/mol. The lowest BCUT2D eigenvalue weighted by atomic mass is 9.92. The predicted octanol–water partition coefficient (Wildman–Crippen LogP) is 5.29. The summed E-state index contributed by atoms with van der Waals surface area (Å²) in [4.78, 5) is 23.3. The zero-order valence-corrected chi connectivity index (χ0v) is 21.5. The van der Waals surface area contributed by atoms with Crippen molar-refractivity contribution in [2.24, 2.45) is 0 Å². The average Bonchev–Trinajstić information content (AvgIpc) is 3.12. The van der Waals surface area contributed by atoms with Gasteiger partial charge in [-0.2, -0.15) is 0 Å². The van der Waals surface area contributed by atoms with Crippen LogP contribution in [0.25, 0.3) is 0 Å². The first-order valence-electron chi connectivity index (χ1n) is 13.6. The van der Waals surface area contributed by atoms with Gasteiger partial charge in [-0.3, -0.25) is 4.79 Å². The highest BCUT2D eigenvalue weighted by Crippen LogP contribution is 2.44. The van der Waals surface area contributed by atoms with Gasteiger partial charge in [-0.05, 0) is 44.6 Å². The normalized spacial score (nSPS) is 31.0. The van der Waals surface area contributed by atoms with E-state index < -0.39 is 18.0 Å². The second-order valence-corrected chi connectivity index (χ2v) is 10.3. The van der Waals surface area contributed by atoms with Crippen molar-refractivity contribution in [3.8, 4) is 0 Å². The fourth-order valence-corrected chi connectivity index (χ4v) is 5.48. The number of hydrogen-bond acceptors (Lipinski definition) is 7. The molecule has 2 saturated heterocycles. The molecule has 1 spiro atoms. The minimum absolute atomic E-state index is 0.244. The Balaban J connectivity index is 1.40. The summed E-state index contributed by atoms with van der Waals surface area (Å²) in [6.45, 7) is 3.60. The minimum Gasteiger partial charge on any atom is -0.462 e. The molecule has 7 nitrogen and oxygen atoms in total. The van der Waals surface area contributed by atoms with Gasteiger partial charge in [0.05, 0.1) is 12.2 Å². The lowest BCUT2D eigenvalue weighted by Gasteiger charge is -2.41. The Morgan fingerprint density at radius 1 is 1.14 bits per heavy atom. The Labute approximate surface area is 210 Å².